The van der Waals surface area contributed by atoms with Crippen molar-refractivity contribution in [2.24, 2.45) is 0 Å². The highest BCUT2D eigenvalue weighted by Gasteiger charge is 2.19. The normalized spacial score (nSPS) is 15.9. The molecule has 1 aliphatic heterocycles. The smallest absolute Gasteiger partial charge is 0.162 e. The lowest BCUT2D eigenvalue weighted by atomic mass is 10.0. The van der Waals surface area contributed by atoms with Crippen LogP contribution in [0.15, 0.2) is 6.07 Å². The minimum absolute atomic E-state index is 0.0155. The van der Waals surface area contributed by atoms with Crippen LogP contribution in [-0.2, 0) is 13.0 Å². The van der Waals surface area contributed by atoms with Gasteiger partial charge in [0.15, 0.2) is 5.78 Å². The predicted octanol–water partition coefficient (Wildman–Crippen LogP) is 2.32. The van der Waals surface area contributed by atoms with Crippen LogP contribution in [0.25, 0.3) is 0 Å². The Morgan fingerprint density at radius 3 is 3.00 bits per heavy atom. The highest BCUT2D eigenvalue weighted by Crippen LogP contribution is 2.23. The summed E-state index contributed by atoms with van der Waals surface area (Å²) in [5.41, 5.74) is 2.73. The number of nitrogens with zero attached hydrogens (tertiary/aromatic N) is 2. The number of ketones is 1. The van der Waals surface area contributed by atoms with Crippen LogP contribution in [0.4, 0.5) is 0 Å². The van der Waals surface area contributed by atoms with Gasteiger partial charge in [-0.25, -0.2) is 4.98 Å². The lowest BCUT2D eigenvalue weighted by Crippen LogP contribution is -2.31. The zero-order chi connectivity index (χ0) is 11.7. The van der Waals surface area contributed by atoms with Gasteiger partial charge >= 0.3 is 0 Å². The standard InChI is InChI=1S/C12H15ClN2O/c1-3-15-5-4-9-6-10(8(2)16)12(13)14-11(9)7-15/h6H,3-5,7H2,1-2H3. The second-order valence-electron chi connectivity index (χ2n) is 4.11. The quantitative estimate of drug-likeness (QED) is 0.586. The van der Waals surface area contributed by atoms with Crippen molar-refractivity contribution in [2.45, 2.75) is 26.8 Å². The Balaban J connectivity index is 2.38. The molecule has 0 saturated carbocycles. The van der Waals surface area contributed by atoms with Crippen LogP contribution in [0.3, 0.4) is 0 Å². The largest absolute Gasteiger partial charge is 0.297 e. The Kier molecular flexibility index (Phi) is 3.26. The minimum atomic E-state index is -0.0155. The number of hydrogen-bond acceptors (Lipinski definition) is 3. The first-order chi connectivity index (χ1) is 7.61. The maximum atomic E-state index is 11.3. The topological polar surface area (TPSA) is 33.2 Å². The average Bonchev–Trinajstić information content (AvgIpc) is 2.27. The molecule has 2 heterocycles. The summed E-state index contributed by atoms with van der Waals surface area (Å²) in [6.07, 6.45) is 0.952. The van der Waals surface area contributed by atoms with Gasteiger partial charge in [-0.15, -0.1) is 0 Å². The first-order valence-electron chi connectivity index (χ1n) is 5.53. The van der Waals surface area contributed by atoms with Crippen molar-refractivity contribution in [3.05, 3.63) is 28.0 Å². The van der Waals surface area contributed by atoms with Crippen molar-refractivity contribution in [3.8, 4) is 0 Å². The van der Waals surface area contributed by atoms with Crippen molar-refractivity contribution in [1.82, 2.24) is 9.88 Å². The number of halogens is 1. The zero-order valence-electron chi connectivity index (χ0n) is 9.59. The molecule has 0 atom stereocenters. The zero-order valence-corrected chi connectivity index (χ0v) is 10.3. The van der Waals surface area contributed by atoms with Gasteiger partial charge in [0.1, 0.15) is 5.15 Å². The number of fused-ring (bicyclic) bond motifs is 1. The van der Waals surface area contributed by atoms with Crippen molar-refractivity contribution in [3.63, 3.8) is 0 Å². The van der Waals surface area contributed by atoms with E-state index in [0.29, 0.717) is 10.7 Å². The lowest BCUT2D eigenvalue weighted by Gasteiger charge is -2.27. The fraction of sp³-hybridized carbons (Fsp3) is 0.500. The predicted molar refractivity (Wildman–Crippen MR) is 63.9 cm³/mol. The Labute approximate surface area is 100 Å². The van der Waals surface area contributed by atoms with Gasteiger partial charge in [-0.1, -0.05) is 18.5 Å². The van der Waals surface area contributed by atoms with E-state index in [4.69, 9.17) is 11.6 Å². The lowest BCUT2D eigenvalue weighted by molar-refractivity contribution is 0.101. The maximum absolute atomic E-state index is 11.3. The first-order valence-corrected chi connectivity index (χ1v) is 5.91. The van der Waals surface area contributed by atoms with Gasteiger partial charge in [-0.3, -0.25) is 9.69 Å². The number of carbonyl (C=O) groups excluding carboxylic acids is 1. The summed E-state index contributed by atoms with van der Waals surface area (Å²) in [5.74, 6) is -0.0155. The summed E-state index contributed by atoms with van der Waals surface area (Å²) in [7, 11) is 0. The van der Waals surface area contributed by atoms with Gasteiger partial charge in [0.2, 0.25) is 0 Å². The van der Waals surface area contributed by atoms with Gasteiger partial charge in [0, 0.05) is 13.1 Å². The first kappa shape index (κ1) is 11.6. The van der Waals surface area contributed by atoms with Crippen LogP contribution in [0.5, 0.6) is 0 Å². The van der Waals surface area contributed by atoms with E-state index in [1.165, 1.54) is 12.5 Å². The van der Waals surface area contributed by atoms with Crippen molar-refractivity contribution in [2.75, 3.05) is 13.1 Å². The van der Waals surface area contributed by atoms with Crippen LogP contribution in [0, 0.1) is 0 Å². The average molecular weight is 239 g/mol. The molecule has 0 fully saturated rings. The molecule has 0 unspecified atom stereocenters. The fourth-order valence-corrected chi connectivity index (χ4v) is 2.30. The van der Waals surface area contributed by atoms with Gasteiger partial charge in [0.05, 0.1) is 11.3 Å². The van der Waals surface area contributed by atoms with E-state index >= 15 is 0 Å². The summed E-state index contributed by atoms with van der Waals surface area (Å²) in [4.78, 5) is 18.0. The molecular weight excluding hydrogens is 224 g/mol. The highest BCUT2D eigenvalue weighted by molar-refractivity contribution is 6.32. The van der Waals surface area contributed by atoms with Gasteiger partial charge in [-0.2, -0.15) is 0 Å². The van der Waals surface area contributed by atoms with Crippen molar-refractivity contribution >= 4 is 17.4 Å². The van der Waals surface area contributed by atoms with E-state index in [-0.39, 0.29) is 5.78 Å². The number of pyridine rings is 1. The van der Waals surface area contributed by atoms with Crippen molar-refractivity contribution < 1.29 is 4.79 Å². The molecule has 3 nitrogen and oxygen atoms in total. The number of Topliss-reactive ketones (excluding diaryl/α,β-unsaturated/α-hetero) is 1. The van der Waals surface area contributed by atoms with E-state index in [1.54, 1.807) is 0 Å². The second kappa shape index (κ2) is 4.52. The van der Waals surface area contributed by atoms with Crippen LogP contribution < -0.4 is 0 Å². The SMILES string of the molecule is CCN1CCc2cc(C(C)=O)c(Cl)nc2C1. The molecule has 2 rings (SSSR count). The number of likely N-dealkylation sites (N-methyl/N-ethyl adjacent to an activating group) is 1. The molecule has 86 valence electrons. The molecule has 0 N–H and O–H groups in total. The fourth-order valence-electron chi connectivity index (χ4n) is 2.01. The van der Waals surface area contributed by atoms with Gasteiger partial charge in [0.25, 0.3) is 0 Å². The van der Waals surface area contributed by atoms with E-state index in [0.717, 1.165) is 31.7 Å². The Bertz CT molecular complexity index is 431. The van der Waals surface area contributed by atoms with E-state index < -0.39 is 0 Å². The monoisotopic (exact) mass is 238 g/mol. The third-order valence-corrected chi connectivity index (χ3v) is 3.33. The Morgan fingerprint density at radius 2 is 2.38 bits per heavy atom. The van der Waals surface area contributed by atoms with E-state index in [2.05, 4.69) is 16.8 Å². The van der Waals surface area contributed by atoms with Crippen LogP contribution in [0.2, 0.25) is 5.15 Å². The molecule has 0 aromatic carbocycles. The second-order valence-corrected chi connectivity index (χ2v) is 4.47. The summed E-state index contributed by atoms with van der Waals surface area (Å²) >= 11 is 6.00. The van der Waals surface area contributed by atoms with Crippen LogP contribution >= 0.6 is 11.6 Å². The third kappa shape index (κ3) is 2.11. The summed E-state index contributed by atoms with van der Waals surface area (Å²) in [6, 6.07) is 1.90. The van der Waals surface area contributed by atoms with Crippen molar-refractivity contribution in [1.29, 1.82) is 0 Å². The summed E-state index contributed by atoms with van der Waals surface area (Å²) in [6.45, 7) is 6.55. The Morgan fingerprint density at radius 1 is 1.62 bits per heavy atom. The number of carbonyl (C=O) groups is 1. The summed E-state index contributed by atoms with van der Waals surface area (Å²) < 4.78 is 0. The third-order valence-electron chi connectivity index (χ3n) is 3.04. The Hall–Kier alpha value is -0.930. The molecule has 0 saturated heterocycles. The van der Waals surface area contributed by atoms with Crippen LogP contribution in [0.1, 0.15) is 35.5 Å². The van der Waals surface area contributed by atoms with Gasteiger partial charge in [-0.05, 0) is 31.5 Å². The molecule has 1 aromatic rings. The molecule has 4 heteroatoms. The summed E-state index contributed by atoms with van der Waals surface area (Å²) in [5, 5.41) is 0.337. The van der Waals surface area contributed by atoms with E-state index in [1.807, 2.05) is 6.07 Å². The molecule has 0 radical (unpaired) electrons. The number of hydrogen-bond donors (Lipinski definition) is 0. The molecule has 1 aromatic heterocycles. The highest BCUT2D eigenvalue weighted by atomic mass is 35.5. The molecule has 1 aliphatic rings. The van der Waals surface area contributed by atoms with Gasteiger partial charge < -0.3 is 0 Å². The molecule has 0 amide bonds. The maximum Gasteiger partial charge on any atom is 0.162 e. The number of aromatic nitrogens is 1. The molecular formula is C12H15ClN2O. The number of rotatable bonds is 2. The van der Waals surface area contributed by atoms with Crippen LogP contribution in [-0.4, -0.2) is 28.8 Å². The molecule has 0 aliphatic carbocycles. The molecule has 0 bridgehead atoms. The molecule has 0 spiro atoms. The van der Waals surface area contributed by atoms with E-state index in [9.17, 15) is 4.79 Å². The molecule has 16 heavy (non-hydrogen) atoms. The minimum Gasteiger partial charge on any atom is -0.297 e.